The van der Waals surface area contributed by atoms with Crippen LogP contribution in [0, 0.1) is 5.92 Å². The van der Waals surface area contributed by atoms with Gasteiger partial charge in [0.05, 0.1) is 11.0 Å². The van der Waals surface area contributed by atoms with Crippen molar-refractivity contribution >= 4 is 22.7 Å². The van der Waals surface area contributed by atoms with Gasteiger partial charge < -0.3 is 10.2 Å². The number of nitrogens with zero attached hydrogens (tertiary/aromatic N) is 5. The molecule has 2 aromatic heterocycles. The van der Waals surface area contributed by atoms with Gasteiger partial charge in [-0.25, -0.2) is 9.97 Å². The first-order valence-electron chi connectivity index (χ1n) is 10.9. The van der Waals surface area contributed by atoms with Crippen LogP contribution in [-0.4, -0.2) is 39.1 Å². The molecule has 1 aliphatic heterocycles. The number of hydrogen-bond acceptors (Lipinski definition) is 6. The van der Waals surface area contributed by atoms with E-state index < -0.39 is 0 Å². The number of aryl methyl sites for hydroxylation is 1. The minimum Gasteiger partial charge on any atom is -0.371 e. The second-order valence-corrected chi connectivity index (χ2v) is 8.37. The standard InChI is InChI=1S/C23H28N6/c1-2-11-29(12-3-1)20-15-18(22-21(16-20)24-9-10-25-22)6-5-17-13-19(14-17)28-23-26-7-4-8-27-23/h4,7-10,15-17,19H,1-3,5-6,11-14H2,(H,26,27,28). The van der Waals surface area contributed by atoms with Gasteiger partial charge in [-0.2, -0.15) is 0 Å². The molecule has 6 heteroatoms. The Hall–Kier alpha value is -2.76. The predicted molar refractivity (Wildman–Crippen MR) is 116 cm³/mol. The molecule has 0 amide bonds. The van der Waals surface area contributed by atoms with E-state index in [1.807, 2.05) is 12.3 Å². The predicted octanol–water partition coefficient (Wildman–Crippen LogP) is 4.23. The van der Waals surface area contributed by atoms with Crippen LogP contribution in [-0.2, 0) is 6.42 Å². The molecule has 0 unspecified atom stereocenters. The van der Waals surface area contributed by atoms with Gasteiger partial charge in [-0.15, -0.1) is 0 Å². The minimum absolute atomic E-state index is 0.499. The van der Waals surface area contributed by atoms with E-state index in [2.05, 4.69) is 42.3 Å². The van der Waals surface area contributed by atoms with Gasteiger partial charge in [-0.1, -0.05) is 0 Å². The van der Waals surface area contributed by atoms with Crippen molar-refractivity contribution in [2.75, 3.05) is 23.3 Å². The molecule has 0 atom stereocenters. The minimum atomic E-state index is 0.499. The number of benzene rings is 1. The summed E-state index contributed by atoms with van der Waals surface area (Å²) in [6, 6.07) is 6.94. The molecule has 2 fully saturated rings. The number of fused-ring (bicyclic) bond motifs is 1. The molecule has 1 aromatic carbocycles. The zero-order chi connectivity index (χ0) is 19.5. The summed E-state index contributed by atoms with van der Waals surface area (Å²) in [7, 11) is 0. The van der Waals surface area contributed by atoms with Crippen LogP contribution in [0.25, 0.3) is 11.0 Å². The Morgan fingerprint density at radius 3 is 2.52 bits per heavy atom. The number of rotatable bonds is 6. The Bertz CT molecular complexity index is 948. The first-order valence-corrected chi connectivity index (χ1v) is 10.9. The van der Waals surface area contributed by atoms with Crippen LogP contribution >= 0.6 is 0 Å². The van der Waals surface area contributed by atoms with E-state index in [0.717, 1.165) is 42.4 Å². The van der Waals surface area contributed by atoms with Gasteiger partial charge in [-0.3, -0.25) is 9.97 Å². The van der Waals surface area contributed by atoms with Gasteiger partial charge in [0.15, 0.2) is 0 Å². The first kappa shape index (κ1) is 18.3. The topological polar surface area (TPSA) is 66.8 Å². The number of anilines is 2. The normalized spacial score (nSPS) is 21.7. The maximum atomic E-state index is 4.65. The number of nitrogens with one attached hydrogen (secondary N) is 1. The maximum absolute atomic E-state index is 4.65. The van der Waals surface area contributed by atoms with Crippen molar-refractivity contribution in [3.8, 4) is 0 Å². The maximum Gasteiger partial charge on any atom is 0.222 e. The molecule has 1 aliphatic carbocycles. The van der Waals surface area contributed by atoms with Crippen molar-refractivity contribution in [1.29, 1.82) is 0 Å². The molecule has 0 spiro atoms. The summed E-state index contributed by atoms with van der Waals surface area (Å²) < 4.78 is 0. The molecule has 150 valence electrons. The number of piperidine rings is 1. The molecule has 1 saturated carbocycles. The SMILES string of the molecule is c1cnc(NC2CC(CCc3cc(N4CCCCC4)cc4nccnc34)C2)nc1. The summed E-state index contributed by atoms with van der Waals surface area (Å²) in [6.07, 6.45) is 15.8. The van der Waals surface area contributed by atoms with Gasteiger partial charge in [0.1, 0.15) is 0 Å². The third-order valence-electron chi connectivity index (χ3n) is 6.32. The highest BCUT2D eigenvalue weighted by Gasteiger charge is 2.29. The van der Waals surface area contributed by atoms with Crippen LogP contribution in [0.15, 0.2) is 43.0 Å². The van der Waals surface area contributed by atoms with Gasteiger partial charge in [-0.05, 0) is 74.6 Å². The molecule has 3 aromatic rings. The van der Waals surface area contributed by atoms with Crippen molar-refractivity contribution in [3.63, 3.8) is 0 Å². The molecule has 29 heavy (non-hydrogen) atoms. The fourth-order valence-electron chi connectivity index (χ4n) is 4.66. The molecule has 6 nitrogen and oxygen atoms in total. The average Bonchev–Trinajstić information content (AvgIpc) is 2.76. The lowest BCUT2D eigenvalue weighted by atomic mass is 9.77. The summed E-state index contributed by atoms with van der Waals surface area (Å²) in [5, 5.41) is 3.44. The molecule has 3 heterocycles. The zero-order valence-electron chi connectivity index (χ0n) is 16.8. The molecule has 2 aliphatic rings. The third-order valence-corrected chi connectivity index (χ3v) is 6.32. The Morgan fingerprint density at radius 2 is 1.69 bits per heavy atom. The highest BCUT2D eigenvalue weighted by molar-refractivity contribution is 5.82. The molecular weight excluding hydrogens is 360 g/mol. The largest absolute Gasteiger partial charge is 0.371 e. The Kier molecular flexibility index (Phi) is 5.24. The van der Waals surface area contributed by atoms with Gasteiger partial charge in [0, 0.05) is 49.6 Å². The van der Waals surface area contributed by atoms with E-state index in [1.54, 1.807) is 18.6 Å². The van der Waals surface area contributed by atoms with Gasteiger partial charge in [0.2, 0.25) is 5.95 Å². The monoisotopic (exact) mass is 388 g/mol. The molecule has 0 bridgehead atoms. The fraction of sp³-hybridized carbons (Fsp3) is 0.478. The van der Waals surface area contributed by atoms with Crippen LogP contribution in [0.4, 0.5) is 11.6 Å². The summed E-state index contributed by atoms with van der Waals surface area (Å²) in [5.74, 6) is 1.49. The molecule has 1 N–H and O–H groups in total. The average molecular weight is 389 g/mol. The Balaban J connectivity index is 1.24. The molecular formula is C23H28N6. The van der Waals surface area contributed by atoms with Crippen molar-refractivity contribution in [3.05, 3.63) is 48.5 Å². The Morgan fingerprint density at radius 1 is 0.897 bits per heavy atom. The van der Waals surface area contributed by atoms with Gasteiger partial charge >= 0.3 is 0 Å². The lowest BCUT2D eigenvalue weighted by Gasteiger charge is -2.36. The van der Waals surface area contributed by atoms with E-state index in [4.69, 9.17) is 0 Å². The Labute approximate surface area is 171 Å². The van der Waals surface area contributed by atoms with E-state index in [9.17, 15) is 0 Å². The second-order valence-electron chi connectivity index (χ2n) is 8.37. The van der Waals surface area contributed by atoms with Gasteiger partial charge in [0.25, 0.3) is 0 Å². The highest BCUT2D eigenvalue weighted by atomic mass is 15.1. The van der Waals surface area contributed by atoms with Crippen molar-refractivity contribution in [2.45, 2.75) is 51.0 Å². The van der Waals surface area contributed by atoms with Crippen LogP contribution in [0.3, 0.4) is 0 Å². The number of hydrogen-bond donors (Lipinski definition) is 1. The molecule has 1 saturated heterocycles. The second kappa shape index (κ2) is 8.31. The summed E-state index contributed by atoms with van der Waals surface area (Å²) >= 11 is 0. The summed E-state index contributed by atoms with van der Waals surface area (Å²) in [4.78, 5) is 20.3. The number of aromatic nitrogens is 4. The van der Waals surface area contributed by atoms with E-state index in [1.165, 1.54) is 49.8 Å². The summed E-state index contributed by atoms with van der Waals surface area (Å²) in [6.45, 7) is 2.31. The van der Waals surface area contributed by atoms with Crippen molar-refractivity contribution < 1.29 is 0 Å². The van der Waals surface area contributed by atoms with Crippen LogP contribution in [0.2, 0.25) is 0 Å². The molecule has 0 radical (unpaired) electrons. The van der Waals surface area contributed by atoms with E-state index in [0.29, 0.717) is 6.04 Å². The lowest BCUT2D eigenvalue weighted by Crippen LogP contribution is -2.36. The highest BCUT2D eigenvalue weighted by Crippen LogP contribution is 2.34. The van der Waals surface area contributed by atoms with Crippen molar-refractivity contribution in [1.82, 2.24) is 19.9 Å². The zero-order valence-corrected chi connectivity index (χ0v) is 16.8. The summed E-state index contributed by atoms with van der Waals surface area (Å²) in [5.41, 5.74) is 4.76. The van der Waals surface area contributed by atoms with Crippen LogP contribution in [0.1, 0.15) is 44.1 Å². The molecule has 5 rings (SSSR count). The first-order chi connectivity index (χ1) is 14.3. The lowest BCUT2D eigenvalue weighted by molar-refractivity contribution is 0.265. The van der Waals surface area contributed by atoms with Crippen LogP contribution in [0.5, 0.6) is 0 Å². The van der Waals surface area contributed by atoms with E-state index in [-0.39, 0.29) is 0 Å². The van der Waals surface area contributed by atoms with E-state index >= 15 is 0 Å². The fourth-order valence-corrected chi connectivity index (χ4v) is 4.66. The smallest absolute Gasteiger partial charge is 0.222 e. The van der Waals surface area contributed by atoms with Crippen LogP contribution < -0.4 is 10.2 Å². The third kappa shape index (κ3) is 4.16. The van der Waals surface area contributed by atoms with Crippen molar-refractivity contribution in [2.24, 2.45) is 5.92 Å². The quantitative estimate of drug-likeness (QED) is 0.681.